The number of fused-ring (bicyclic) bond motifs is 2. The lowest BCUT2D eigenvalue weighted by Gasteiger charge is -2.33. The van der Waals surface area contributed by atoms with Crippen molar-refractivity contribution in [2.24, 2.45) is 11.8 Å². The Bertz CT molecular complexity index is 1640. The SMILES string of the molecule is Fc1ccc([C@@H]2CCNC[C@H]2COc2ccc3c(c2Cc2c(OC[C@@H]4CNCC[C@H]4c4ccc(F)cc4)ccc4c2OCO4)OCO3)cc1. The normalized spacial score (nSPS) is 22.6. The van der Waals surface area contributed by atoms with E-state index in [0.29, 0.717) is 54.1 Å². The molecule has 8 nitrogen and oxygen atoms in total. The van der Waals surface area contributed by atoms with Gasteiger partial charge in [0.2, 0.25) is 13.6 Å². The molecular formula is C39H40F2N2O6. The number of nitrogens with one attached hydrogen (secondary N) is 2. The molecule has 0 spiro atoms. The topological polar surface area (TPSA) is 79.4 Å². The van der Waals surface area contributed by atoms with Crippen LogP contribution >= 0.6 is 0 Å². The fraction of sp³-hybridized carbons (Fsp3) is 0.385. The lowest BCUT2D eigenvalue weighted by molar-refractivity contribution is 0.171. The van der Waals surface area contributed by atoms with E-state index in [2.05, 4.69) is 10.6 Å². The summed E-state index contributed by atoms with van der Waals surface area (Å²) in [4.78, 5) is 0. The predicted molar refractivity (Wildman–Crippen MR) is 179 cm³/mol. The molecule has 4 heterocycles. The van der Waals surface area contributed by atoms with Gasteiger partial charge in [-0.05, 0) is 97.4 Å². The number of hydrogen-bond acceptors (Lipinski definition) is 8. The van der Waals surface area contributed by atoms with E-state index in [1.165, 1.54) is 24.3 Å². The van der Waals surface area contributed by atoms with Gasteiger partial charge in [-0.25, -0.2) is 8.78 Å². The van der Waals surface area contributed by atoms with Gasteiger partial charge in [0.15, 0.2) is 23.0 Å². The van der Waals surface area contributed by atoms with Crippen LogP contribution < -0.4 is 39.1 Å². The van der Waals surface area contributed by atoms with Crippen LogP contribution in [0.25, 0.3) is 0 Å². The highest BCUT2D eigenvalue weighted by atomic mass is 19.1. The average Bonchev–Trinajstić information content (AvgIpc) is 3.82. The van der Waals surface area contributed by atoms with Crippen molar-refractivity contribution in [3.63, 3.8) is 0 Å². The molecule has 4 aliphatic rings. The van der Waals surface area contributed by atoms with Gasteiger partial charge >= 0.3 is 0 Å². The summed E-state index contributed by atoms with van der Waals surface area (Å²) in [5.74, 6) is 4.40. The molecule has 0 aliphatic carbocycles. The van der Waals surface area contributed by atoms with Crippen LogP contribution in [0.1, 0.15) is 46.9 Å². The third-order valence-electron chi connectivity index (χ3n) is 10.3. The predicted octanol–water partition coefficient (Wildman–Crippen LogP) is 6.56. The van der Waals surface area contributed by atoms with E-state index in [-0.39, 0.29) is 48.9 Å². The Labute approximate surface area is 284 Å². The zero-order chi connectivity index (χ0) is 33.2. The lowest BCUT2D eigenvalue weighted by atomic mass is 9.81. The summed E-state index contributed by atoms with van der Waals surface area (Å²) >= 11 is 0. The van der Waals surface area contributed by atoms with Crippen LogP contribution in [0.3, 0.4) is 0 Å². The minimum Gasteiger partial charge on any atom is -0.493 e. The molecule has 4 atom stereocenters. The van der Waals surface area contributed by atoms with Crippen LogP contribution in [0.5, 0.6) is 34.5 Å². The Balaban J connectivity index is 1.06. The van der Waals surface area contributed by atoms with Gasteiger partial charge in [-0.15, -0.1) is 0 Å². The van der Waals surface area contributed by atoms with E-state index in [9.17, 15) is 8.78 Å². The Morgan fingerprint density at radius 3 is 1.47 bits per heavy atom. The summed E-state index contributed by atoms with van der Waals surface area (Å²) in [6.07, 6.45) is 2.29. The smallest absolute Gasteiger partial charge is 0.231 e. The van der Waals surface area contributed by atoms with Gasteiger partial charge in [-0.2, -0.15) is 0 Å². The van der Waals surface area contributed by atoms with Gasteiger partial charge in [-0.3, -0.25) is 0 Å². The summed E-state index contributed by atoms with van der Waals surface area (Å²) in [7, 11) is 0. The molecule has 0 saturated carbocycles. The van der Waals surface area contributed by atoms with Crippen LogP contribution in [0.15, 0.2) is 72.8 Å². The molecule has 0 bridgehead atoms. The van der Waals surface area contributed by atoms with Gasteiger partial charge in [0.05, 0.1) is 13.2 Å². The summed E-state index contributed by atoms with van der Waals surface area (Å²) in [5.41, 5.74) is 3.93. The highest BCUT2D eigenvalue weighted by Crippen LogP contribution is 2.48. The van der Waals surface area contributed by atoms with E-state index in [0.717, 1.165) is 61.3 Å². The zero-order valence-electron chi connectivity index (χ0n) is 27.2. The highest BCUT2D eigenvalue weighted by Gasteiger charge is 2.32. The van der Waals surface area contributed by atoms with Crippen molar-refractivity contribution in [3.05, 3.63) is 107 Å². The van der Waals surface area contributed by atoms with Gasteiger partial charge < -0.3 is 39.1 Å². The van der Waals surface area contributed by atoms with E-state index >= 15 is 0 Å². The van der Waals surface area contributed by atoms with Crippen molar-refractivity contribution in [1.29, 1.82) is 0 Å². The molecule has 2 saturated heterocycles. The monoisotopic (exact) mass is 670 g/mol. The number of ether oxygens (including phenoxy) is 6. The van der Waals surface area contributed by atoms with E-state index < -0.39 is 0 Å². The second-order valence-electron chi connectivity index (χ2n) is 13.2. The minimum atomic E-state index is -0.233. The van der Waals surface area contributed by atoms with E-state index in [1.807, 2.05) is 48.5 Å². The summed E-state index contributed by atoms with van der Waals surface area (Å²) in [6, 6.07) is 21.3. The number of hydrogen-bond donors (Lipinski definition) is 2. The van der Waals surface area contributed by atoms with E-state index in [1.54, 1.807) is 0 Å². The quantitative estimate of drug-likeness (QED) is 0.197. The molecule has 0 radical (unpaired) electrons. The lowest BCUT2D eigenvalue weighted by Crippen LogP contribution is -2.38. The first-order chi connectivity index (χ1) is 24.1. The number of rotatable bonds is 10. The van der Waals surface area contributed by atoms with Crippen LogP contribution in [-0.4, -0.2) is 53.0 Å². The molecule has 2 N–H and O–H groups in total. The van der Waals surface area contributed by atoms with Crippen molar-refractivity contribution in [3.8, 4) is 34.5 Å². The molecule has 0 amide bonds. The first-order valence-corrected chi connectivity index (χ1v) is 17.1. The summed E-state index contributed by atoms with van der Waals surface area (Å²) in [5, 5.41) is 7.01. The molecular weight excluding hydrogens is 630 g/mol. The molecule has 8 rings (SSSR count). The minimum absolute atomic E-state index is 0.125. The van der Waals surface area contributed by atoms with Gasteiger partial charge in [0.25, 0.3) is 0 Å². The maximum Gasteiger partial charge on any atom is 0.231 e. The number of benzene rings is 4. The van der Waals surface area contributed by atoms with Crippen LogP contribution in [-0.2, 0) is 6.42 Å². The molecule has 49 heavy (non-hydrogen) atoms. The Hall–Kier alpha value is -4.54. The molecule has 4 aromatic rings. The van der Waals surface area contributed by atoms with Crippen LogP contribution in [0.2, 0.25) is 0 Å². The average molecular weight is 671 g/mol. The van der Waals surface area contributed by atoms with Crippen molar-refractivity contribution in [2.75, 3.05) is 53.0 Å². The second-order valence-corrected chi connectivity index (χ2v) is 13.2. The molecule has 10 heteroatoms. The van der Waals surface area contributed by atoms with E-state index in [4.69, 9.17) is 28.4 Å². The van der Waals surface area contributed by atoms with Crippen LogP contribution in [0.4, 0.5) is 8.78 Å². The van der Waals surface area contributed by atoms with Crippen molar-refractivity contribution >= 4 is 0 Å². The van der Waals surface area contributed by atoms with Gasteiger partial charge in [0, 0.05) is 42.5 Å². The van der Waals surface area contributed by atoms with Gasteiger partial charge in [0.1, 0.15) is 23.1 Å². The van der Waals surface area contributed by atoms with Crippen LogP contribution in [0, 0.1) is 23.5 Å². The molecule has 2 fully saturated rings. The Morgan fingerprint density at radius 1 is 0.571 bits per heavy atom. The van der Waals surface area contributed by atoms with Crippen molar-refractivity contribution in [2.45, 2.75) is 31.1 Å². The van der Waals surface area contributed by atoms with Gasteiger partial charge in [-0.1, -0.05) is 24.3 Å². The highest BCUT2D eigenvalue weighted by molar-refractivity contribution is 5.62. The summed E-state index contributed by atoms with van der Waals surface area (Å²) < 4.78 is 64.3. The molecule has 0 unspecified atom stereocenters. The number of halogens is 2. The zero-order valence-corrected chi connectivity index (χ0v) is 27.2. The third kappa shape index (κ3) is 6.72. The van der Waals surface area contributed by atoms with Crippen molar-refractivity contribution < 1.29 is 37.2 Å². The first-order valence-electron chi connectivity index (χ1n) is 17.1. The van der Waals surface area contributed by atoms with Crippen molar-refractivity contribution in [1.82, 2.24) is 10.6 Å². The molecule has 0 aromatic heterocycles. The fourth-order valence-corrected chi connectivity index (χ4v) is 7.69. The summed E-state index contributed by atoms with van der Waals surface area (Å²) in [6.45, 7) is 4.59. The standard InChI is InChI=1S/C39H40F2N2O6/c40-28-5-1-24(2-6-28)30-13-15-42-18-26(30)20-44-34-9-11-36-38(48-22-46-36)32(34)17-33-35(10-12-37-39(33)49-23-47-37)45-21-27-19-43-16-14-31(27)25-3-7-29(41)8-4-25/h1-12,26-27,30-31,42-43H,13-23H2/t26-,27-,30-,31-/m0/s1. The third-order valence-corrected chi connectivity index (χ3v) is 10.3. The largest absolute Gasteiger partial charge is 0.493 e. The number of piperidine rings is 2. The molecule has 4 aliphatic heterocycles. The maximum atomic E-state index is 13.7. The fourth-order valence-electron chi connectivity index (χ4n) is 7.69. The Morgan fingerprint density at radius 2 is 1.02 bits per heavy atom. The molecule has 4 aromatic carbocycles. The first kappa shape index (κ1) is 31.7. The molecule has 256 valence electrons. The second kappa shape index (κ2) is 14.1. The Kier molecular flexibility index (Phi) is 9.15. The maximum absolute atomic E-state index is 13.7.